The molecule has 7 rings (SSSR count). The largest absolute Gasteiger partial charge is 0.340 e. The second-order valence-electron chi connectivity index (χ2n) is 9.05. The number of nitrogens with zero attached hydrogens (tertiary/aromatic N) is 7. The average Bonchev–Trinajstić information content (AvgIpc) is 3.71. The highest BCUT2D eigenvalue weighted by molar-refractivity contribution is 7.17. The van der Waals surface area contributed by atoms with Crippen molar-refractivity contribution in [2.75, 3.05) is 0 Å². The zero-order chi connectivity index (χ0) is 25.1. The Balaban J connectivity index is 1.23. The number of aromatic amines is 1. The van der Waals surface area contributed by atoms with Crippen molar-refractivity contribution in [1.82, 2.24) is 40.1 Å². The molecule has 37 heavy (non-hydrogen) atoms. The molecular weight excluding hydrogens is 515 g/mol. The number of carbonyl (C=O) groups excluding carboxylic acids is 1. The molecule has 4 aromatic heterocycles. The number of hydrogen-bond donors (Lipinski definition) is 1. The molecule has 2 aliphatic heterocycles. The quantitative estimate of drug-likeness (QED) is 0.350. The first-order valence-corrected chi connectivity index (χ1v) is 13.0. The van der Waals surface area contributed by atoms with E-state index in [1.54, 1.807) is 23.6 Å². The van der Waals surface area contributed by atoms with E-state index in [1.807, 2.05) is 28.6 Å². The molecule has 9 nitrogen and oxygen atoms in total. The first kappa shape index (κ1) is 22.3. The summed E-state index contributed by atoms with van der Waals surface area (Å²) in [5.41, 5.74) is 4.12. The molecule has 1 N–H and O–H groups in total. The Hall–Kier alpha value is -3.96. The zero-order valence-electron chi connectivity index (χ0n) is 19.2. The topological polar surface area (TPSA) is 105 Å². The number of amides is 1. The molecule has 6 heterocycles. The normalized spacial score (nSPS) is 19.5. The van der Waals surface area contributed by atoms with E-state index in [4.69, 9.17) is 11.6 Å². The molecule has 1 saturated heterocycles. The highest BCUT2D eigenvalue weighted by Gasteiger charge is 2.42. The second kappa shape index (κ2) is 8.56. The highest BCUT2D eigenvalue weighted by atomic mass is 35.5. The van der Waals surface area contributed by atoms with Gasteiger partial charge < -0.3 is 9.88 Å². The third-order valence-corrected chi connectivity index (χ3v) is 8.27. The Morgan fingerprint density at radius 3 is 2.95 bits per heavy atom. The number of H-pyrrole nitrogens is 1. The van der Waals surface area contributed by atoms with Gasteiger partial charge in [-0.3, -0.25) is 9.78 Å². The van der Waals surface area contributed by atoms with Crippen LogP contribution in [0.5, 0.6) is 0 Å². The number of thiophene rings is 1. The predicted octanol–water partition coefficient (Wildman–Crippen LogP) is 4.97. The number of rotatable bonds is 4. The van der Waals surface area contributed by atoms with Gasteiger partial charge in [0.05, 0.1) is 38.9 Å². The minimum absolute atomic E-state index is 0.0222. The van der Waals surface area contributed by atoms with E-state index in [0.717, 1.165) is 40.1 Å². The first-order valence-electron chi connectivity index (χ1n) is 11.7. The number of halogens is 2. The van der Waals surface area contributed by atoms with Crippen molar-refractivity contribution >= 4 is 44.6 Å². The molecule has 0 bridgehead atoms. The van der Waals surface area contributed by atoms with Crippen LogP contribution >= 0.6 is 22.9 Å². The van der Waals surface area contributed by atoms with Gasteiger partial charge in [0, 0.05) is 29.4 Å². The van der Waals surface area contributed by atoms with Crippen molar-refractivity contribution in [3.8, 4) is 16.9 Å². The number of hydrogen-bond acceptors (Lipinski definition) is 7. The van der Waals surface area contributed by atoms with E-state index in [2.05, 4.69) is 30.5 Å². The van der Waals surface area contributed by atoms with E-state index in [-0.39, 0.29) is 28.6 Å². The first-order chi connectivity index (χ1) is 18.1. The third-order valence-electron chi connectivity index (χ3n) is 7.05. The zero-order valence-corrected chi connectivity index (χ0v) is 20.7. The summed E-state index contributed by atoms with van der Waals surface area (Å²) in [4.78, 5) is 27.8. The number of imidazole rings is 1. The van der Waals surface area contributed by atoms with Crippen LogP contribution in [0.4, 0.5) is 4.39 Å². The molecule has 1 aromatic carbocycles. The van der Waals surface area contributed by atoms with Gasteiger partial charge in [-0.1, -0.05) is 11.6 Å². The fourth-order valence-corrected chi connectivity index (χ4v) is 6.47. The van der Waals surface area contributed by atoms with Gasteiger partial charge in [-0.25, -0.2) is 9.37 Å². The molecule has 0 spiro atoms. The van der Waals surface area contributed by atoms with E-state index in [9.17, 15) is 4.79 Å². The maximum atomic E-state index is 15.3. The van der Waals surface area contributed by atoms with E-state index in [0.29, 0.717) is 17.7 Å². The molecule has 0 aliphatic carbocycles. The van der Waals surface area contributed by atoms with Gasteiger partial charge in [0.1, 0.15) is 12.2 Å². The lowest BCUT2D eigenvalue weighted by Gasteiger charge is -2.33. The lowest BCUT2D eigenvalue weighted by atomic mass is 9.92. The summed E-state index contributed by atoms with van der Waals surface area (Å²) in [5, 5.41) is 13.2. The fourth-order valence-electron chi connectivity index (χ4n) is 5.43. The second-order valence-corrected chi connectivity index (χ2v) is 10.4. The lowest BCUT2D eigenvalue weighted by Crippen LogP contribution is -2.39. The fraction of sp³-hybridized carbons (Fsp3) is 0.200. The number of tetrazole rings is 1. The molecular formula is C25H18ClFN8OS. The number of pyridine rings is 1. The Morgan fingerprint density at radius 1 is 1.16 bits per heavy atom. The number of nitrogens with one attached hydrogen (secondary N) is 1. The Kier molecular flexibility index (Phi) is 5.15. The minimum Gasteiger partial charge on any atom is -0.340 e. The molecule has 1 amide bonds. The van der Waals surface area contributed by atoms with Gasteiger partial charge >= 0.3 is 0 Å². The molecule has 5 aromatic rings. The van der Waals surface area contributed by atoms with E-state index in [1.165, 1.54) is 23.2 Å². The summed E-state index contributed by atoms with van der Waals surface area (Å²) in [6, 6.07) is 6.80. The van der Waals surface area contributed by atoms with Crippen LogP contribution in [0.15, 0.2) is 54.4 Å². The number of benzene rings is 1. The summed E-state index contributed by atoms with van der Waals surface area (Å²) < 4.78 is 17.8. The van der Waals surface area contributed by atoms with Crippen LogP contribution in [0, 0.1) is 5.82 Å². The predicted molar refractivity (Wildman–Crippen MR) is 137 cm³/mol. The average molecular weight is 533 g/mol. The monoisotopic (exact) mass is 532 g/mol. The summed E-state index contributed by atoms with van der Waals surface area (Å²) in [6.07, 6.45) is 8.50. The van der Waals surface area contributed by atoms with Gasteiger partial charge in [-0.05, 0) is 64.9 Å². The van der Waals surface area contributed by atoms with Gasteiger partial charge in [0.25, 0.3) is 0 Å². The standard InChI is InChI=1S/C25H18ClFN8OS/c26-16-2-4-19(34-12-30-32-33-34)22(23(16)27)13-9-14-1-3-20(35(14)21(36)10-13)25-29-11-18(31-25)15-5-7-28-17-6-8-37-24(15)17/h2,4-8,10-12,14,20H,1,3,9H2,(H,29,31)/t14-,20+/m1/s1. The molecule has 0 radical (unpaired) electrons. The van der Waals surface area contributed by atoms with Crippen LogP contribution in [0.1, 0.15) is 36.7 Å². The maximum absolute atomic E-state index is 15.3. The Morgan fingerprint density at radius 2 is 2.08 bits per heavy atom. The molecule has 0 saturated carbocycles. The summed E-state index contributed by atoms with van der Waals surface area (Å²) in [6.45, 7) is 0. The van der Waals surface area contributed by atoms with Crippen LogP contribution < -0.4 is 0 Å². The van der Waals surface area contributed by atoms with Gasteiger partial charge in [-0.2, -0.15) is 4.68 Å². The molecule has 0 unspecified atom stereocenters. The van der Waals surface area contributed by atoms with E-state index < -0.39 is 5.82 Å². The van der Waals surface area contributed by atoms with Crippen molar-refractivity contribution in [3.05, 3.63) is 76.7 Å². The van der Waals surface area contributed by atoms with Gasteiger partial charge in [0.2, 0.25) is 5.91 Å². The Labute approximate surface area is 218 Å². The van der Waals surface area contributed by atoms with Crippen molar-refractivity contribution in [3.63, 3.8) is 0 Å². The highest BCUT2D eigenvalue weighted by Crippen LogP contribution is 2.44. The summed E-state index contributed by atoms with van der Waals surface area (Å²) >= 11 is 7.76. The third kappa shape index (κ3) is 3.57. The van der Waals surface area contributed by atoms with Gasteiger partial charge in [0.15, 0.2) is 5.82 Å². The van der Waals surface area contributed by atoms with Crippen LogP contribution in [0.25, 0.3) is 32.7 Å². The lowest BCUT2D eigenvalue weighted by molar-refractivity contribution is -0.129. The number of aromatic nitrogens is 7. The number of fused-ring (bicyclic) bond motifs is 2. The van der Waals surface area contributed by atoms with Crippen molar-refractivity contribution in [1.29, 1.82) is 0 Å². The minimum atomic E-state index is -0.593. The van der Waals surface area contributed by atoms with Crippen LogP contribution in [0.3, 0.4) is 0 Å². The Bertz CT molecular complexity index is 1690. The molecule has 2 atom stereocenters. The molecule has 1 fully saturated rings. The van der Waals surface area contributed by atoms with Crippen LogP contribution in [0.2, 0.25) is 5.02 Å². The summed E-state index contributed by atoms with van der Waals surface area (Å²) in [7, 11) is 0. The van der Waals surface area contributed by atoms with Crippen LogP contribution in [-0.2, 0) is 4.79 Å². The number of carbonyl (C=O) groups is 1. The summed E-state index contributed by atoms with van der Waals surface area (Å²) in [5.74, 6) is -0.0320. The molecule has 12 heteroatoms. The van der Waals surface area contributed by atoms with Crippen molar-refractivity contribution < 1.29 is 9.18 Å². The van der Waals surface area contributed by atoms with E-state index >= 15 is 4.39 Å². The maximum Gasteiger partial charge on any atom is 0.247 e. The van der Waals surface area contributed by atoms with Crippen molar-refractivity contribution in [2.45, 2.75) is 31.3 Å². The van der Waals surface area contributed by atoms with Gasteiger partial charge in [-0.15, -0.1) is 16.4 Å². The van der Waals surface area contributed by atoms with Crippen molar-refractivity contribution in [2.24, 2.45) is 0 Å². The molecule has 184 valence electrons. The van der Waals surface area contributed by atoms with Crippen LogP contribution in [-0.4, -0.2) is 52.0 Å². The smallest absolute Gasteiger partial charge is 0.247 e. The molecule has 2 aliphatic rings. The SMILES string of the molecule is O=C1C=C(c2c(-n3cnnn3)ccc(Cl)c2F)C[C@H]2CC[C@@H](c3ncc(-c4ccnc5ccsc45)[nH]3)N12.